The summed E-state index contributed by atoms with van der Waals surface area (Å²) in [6.45, 7) is 4.20. The highest BCUT2D eigenvalue weighted by molar-refractivity contribution is 5.81. The Morgan fingerprint density at radius 3 is 2.69 bits per heavy atom. The SMILES string of the molecule is COCC(C)NC(=O)CN1CCC(=O)CC1. The summed E-state index contributed by atoms with van der Waals surface area (Å²) in [5, 5.41) is 2.85. The molecule has 0 aromatic heterocycles. The zero-order valence-corrected chi connectivity index (χ0v) is 9.99. The predicted octanol–water partition coefficient (Wildman–Crippen LogP) is -0.198. The van der Waals surface area contributed by atoms with E-state index in [4.69, 9.17) is 4.74 Å². The number of nitrogens with zero attached hydrogens (tertiary/aromatic N) is 1. The third-order valence-corrected chi connectivity index (χ3v) is 2.61. The molecule has 1 saturated heterocycles. The first-order valence-electron chi connectivity index (χ1n) is 5.64. The van der Waals surface area contributed by atoms with E-state index in [1.54, 1.807) is 7.11 Å². The fourth-order valence-corrected chi connectivity index (χ4v) is 1.78. The number of piperidine rings is 1. The Balaban J connectivity index is 2.21. The van der Waals surface area contributed by atoms with Crippen molar-refractivity contribution in [1.29, 1.82) is 0 Å². The van der Waals surface area contributed by atoms with Crippen molar-refractivity contribution in [2.75, 3.05) is 33.4 Å². The fourth-order valence-electron chi connectivity index (χ4n) is 1.78. The quantitative estimate of drug-likeness (QED) is 0.708. The molecule has 16 heavy (non-hydrogen) atoms. The van der Waals surface area contributed by atoms with Gasteiger partial charge in [0.2, 0.25) is 5.91 Å². The van der Waals surface area contributed by atoms with Gasteiger partial charge in [0.05, 0.1) is 13.2 Å². The van der Waals surface area contributed by atoms with Crippen LogP contribution in [0.2, 0.25) is 0 Å². The first-order chi connectivity index (χ1) is 7.61. The van der Waals surface area contributed by atoms with Crippen LogP contribution in [0, 0.1) is 0 Å². The lowest BCUT2D eigenvalue weighted by Crippen LogP contribution is -2.45. The van der Waals surface area contributed by atoms with E-state index in [-0.39, 0.29) is 11.9 Å². The molecule has 0 radical (unpaired) electrons. The summed E-state index contributed by atoms with van der Waals surface area (Å²) in [6.07, 6.45) is 1.14. The minimum Gasteiger partial charge on any atom is -0.383 e. The van der Waals surface area contributed by atoms with Crippen molar-refractivity contribution in [2.24, 2.45) is 0 Å². The van der Waals surface area contributed by atoms with E-state index in [2.05, 4.69) is 5.32 Å². The number of nitrogens with one attached hydrogen (secondary N) is 1. The number of Topliss-reactive ketones (excluding diaryl/α,β-unsaturated/α-hetero) is 1. The van der Waals surface area contributed by atoms with Crippen molar-refractivity contribution < 1.29 is 14.3 Å². The fraction of sp³-hybridized carbons (Fsp3) is 0.818. The summed E-state index contributed by atoms with van der Waals surface area (Å²) in [5.74, 6) is 0.295. The van der Waals surface area contributed by atoms with E-state index in [1.165, 1.54) is 0 Å². The number of carbonyl (C=O) groups is 2. The topological polar surface area (TPSA) is 58.6 Å². The largest absolute Gasteiger partial charge is 0.383 e. The van der Waals surface area contributed by atoms with Crippen LogP contribution in [0.3, 0.4) is 0 Å². The standard InChI is InChI=1S/C11H20N2O3/c1-9(8-16-2)12-11(15)7-13-5-3-10(14)4-6-13/h9H,3-8H2,1-2H3,(H,12,15). The number of likely N-dealkylation sites (tertiary alicyclic amines) is 1. The molecular weight excluding hydrogens is 208 g/mol. The average Bonchev–Trinajstić information content (AvgIpc) is 2.21. The van der Waals surface area contributed by atoms with Gasteiger partial charge < -0.3 is 10.1 Å². The van der Waals surface area contributed by atoms with E-state index in [0.717, 1.165) is 0 Å². The highest BCUT2D eigenvalue weighted by Gasteiger charge is 2.18. The normalized spacial score (nSPS) is 19.5. The van der Waals surface area contributed by atoms with E-state index in [9.17, 15) is 9.59 Å². The number of ether oxygens (including phenoxy) is 1. The minimum absolute atomic E-state index is 0.00102. The number of ketones is 1. The van der Waals surface area contributed by atoms with Gasteiger partial charge in [-0.3, -0.25) is 14.5 Å². The van der Waals surface area contributed by atoms with E-state index in [0.29, 0.717) is 44.9 Å². The van der Waals surface area contributed by atoms with Crippen LogP contribution < -0.4 is 5.32 Å². The van der Waals surface area contributed by atoms with Gasteiger partial charge in [-0.25, -0.2) is 0 Å². The van der Waals surface area contributed by atoms with E-state index >= 15 is 0 Å². The number of methoxy groups -OCH3 is 1. The number of hydrogen-bond donors (Lipinski definition) is 1. The maximum absolute atomic E-state index is 11.6. The number of hydrogen-bond acceptors (Lipinski definition) is 4. The summed E-state index contributed by atoms with van der Waals surface area (Å²) in [6, 6.07) is 0.0314. The summed E-state index contributed by atoms with van der Waals surface area (Å²) in [4.78, 5) is 24.6. The molecule has 1 unspecified atom stereocenters. The lowest BCUT2D eigenvalue weighted by molar-refractivity contribution is -0.126. The smallest absolute Gasteiger partial charge is 0.234 e. The van der Waals surface area contributed by atoms with Crippen LogP contribution in [0.1, 0.15) is 19.8 Å². The van der Waals surface area contributed by atoms with Crippen LogP contribution >= 0.6 is 0 Å². The molecule has 1 rings (SSSR count). The Kier molecular flexibility index (Phi) is 5.42. The van der Waals surface area contributed by atoms with Gasteiger partial charge in [0.1, 0.15) is 5.78 Å². The summed E-state index contributed by atoms with van der Waals surface area (Å²) >= 11 is 0. The summed E-state index contributed by atoms with van der Waals surface area (Å²) < 4.78 is 4.94. The molecule has 1 N–H and O–H groups in total. The maximum atomic E-state index is 11.6. The van der Waals surface area contributed by atoms with Gasteiger partial charge in [0, 0.05) is 39.1 Å². The van der Waals surface area contributed by atoms with Crippen molar-refractivity contribution in [3.05, 3.63) is 0 Å². The Morgan fingerprint density at radius 1 is 1.50 bits per heavy atom. The van der Waals surface area contributed by atoms with Crippen molar-refractivity contribution >= 4 is 11.7 Å². The summed E-state index contributed by atoms with van der Waals surface area (Å²) in [7, 11) is 1.61. The third-order valence-electron chi connectivity index (χ3n) is 2.61. The van der Waals surface area contributed by atoms with E-state index < -0.39 is 0 Å². The number of rotatable bonds is 5. The van der Waals surface area contributed by atoms with Gasteiger partial charge in [-0.2, -0.15) is 0 Å². The summed E-state index contributed by atoms with van der Waals surface area (Å²) in [5.41, 5.74) is 0. The Hall–Kier alpha value is -0.940. The highest BCUT2D eigenvalue weighted by atomic mass is 16.5. The molecule has 5 heteroatoms. The number of amides is 1. The molecule has 1 heterocycles. The zero-order chi connectivity index (χ0) is 12.0. The molecule has 0 bridgehead atoms. The molecule has 0 aromatic rings. The lowest BCUT2D eigenvalue weighted by atomic mass is 10.1. The number of carbonyl (C=O) groups excluding carboxylic acids is 2. The van der Waals surface area contributed by atoms with Gasteiger partial charge in [-0.1, -0.05) is 0 Å². The van der Waals surface area contributed by atoms with Crippen LogP contribution in [0.4, 0.5) is 0 Å². The molecule has 0 saturated carbocycles. The van der Waals surface area contributed by atoms with Crippen LogP contribution in [0.5, 0.6) is 0 Å². The molecule has 1 aliphatic heterocycles. The second kappa shape index (κ2) is 6.60. The van der Waals surface area contributed by atoms with Gasteiger partial charge in [-0.05, 0) is 6.92 Å². The van der Waals surface area contributed by atoms with Gasteiger partial charge in [0.15, 0.2) is 0 Å². The van der Waals surface area contributed by atoms with Crippen LogP contribution in [-0.4, -0.2) is 56.0 Å². The Bertz CT molecular complexity index is 246. The Labute approximate surface area is 96.1 Å². The third kappa shape index (κ3) is 4.72. The first-order valence-corrected chi connectivity index (χ1v) is 5.64. The molecule has 1 aliphatic rings. The molecular formula is C11H20N2O3. The average molecular weight is 228 g/mol. The first kappa shape index (κ1) is 13.1. The molecule has 92 valence electrons. The molecule has 1 fully saturated rings. The second-order valence-electron chi connectivity index (χ2n) is 4.24. The maximum Gasteiger partial charge on any atom is 0.234 e. The lowest BCUT2D eigenvalue weighted by Gasteiger charge is -2.25. The molecule has 1 amide bonds. The molecule has 0 spiro atoms. The van der Waals surface area contributed by atoms with E-state index in [1.807, 2.05) is 11.8 Å². The van der Waals surface area contributed by atoms with Gasteiger partial charge >= 0.3 is 0 Å². The molecule has 0 aromatic carbocycles. The molecule has 5 nitrogen and oxygen atoms in total. The predicted molar refractivity (Wildman–Crippen MR) is 60.2 cm³/mol. The molecule has 1 atom stereocenters. The van der Waals surface area contributed by atoms with Crippen molar-refractivity contribution in [3.63, 3.8) is 0 Å². The molecule has 0 aliphatic carbocycles. The monoisotopic (exact) mass is 228 g/mol. The zero-order valence-electron chi connectivity index (χ0n) is 9.99. The van der Waals surface area contributed by atoms with Gasteiger partial charge in [-0.15, -0.1) is 0 Å². The van der Waals surface area contributed by atoms with Crippen molar-refractivity contribution in [3.8, 4) is 0 Å². The van der Waals surface area contributed by atoms with Crippen LogP contribution in [-0.2, 0) is 14.3 Å². The Morgan fingerprint density at radius 2 is 2.12 bits per heavy atom. The second-order valence-corrected chi connectivity index (χ2v) is 4.24. The van der Waals surface area contributed by atoms with Crippen LogP contribution in [0.25, 0.3) is 0 Å². The van der Waals surface area contributed by atoms with Crippen LogP contribution in [0.15, 0.2) is 0 Å². The highest BCUT2D eigenvalue weighted by Crippen LogP contribution is 2.04. The minimum atomic E-state index is -0.00102. The van der Waals surface area contributed by atoms with Gasteiger partial charge in [0.25, 0.3) is 0 Å². The van der Waals surface area contributed by atoms with Crippen molar-refractivity contribution in [1.82, 2.24) is 10.2 Å². The van der Waals surface area contributed by atoms with Crippen molar-refractivity contribution in [2.45, 2.75) is 25.8 Å².